The fourth-order valence-corrected chi connectivity index (χ4v) is 3.55. The Morgan fingerprint density at radius 3 is 2.62 bits per heavy atom. The second-order valence-corrected chi connectivity index (χ2v) is 6.52. The Labute approximate surface area is 147 Å². The van der Waals surface area contributed by atoms with Crippen LogP contribution < -0.4 is 11.4 Å². The Kier molecular flexibility index (Phi) is 5.72. The summed E-state index contributed by atoms with van der Waals surface area (Å²) in [6.45, 7) is 3.46. The van der Waals surface area contributed by atoms with E-state index in [0.29, 0.717) is 12.5 Å². The first-order valence-corrected chi connectivity index (χ1v) is 8.16. The van der Waals surface area contributed by atoms with E-state index in [1.165, 1.54) is 0 Å². The van der Waals surface area contributed by atoms with Crippen LogP contribution in [0.2, 0.25) is 0 Å². The van der Waals surface area contributed by atoms with Crippen molar-refractivity contribution in [2.75, 3.05) is 13.1 Å². The normalized spacial score (nSPS) is 20.9. The number of piperidine rings is 1. The molecule has 0 aliphatic carbocycles. The topological polar surface area (TPSA) is 73.3 Å². The highest BCUT2D eigenvalue weighted by Gasteiger charge is 2.29. The van der Waals surface area contributed by atoms with Crippen molar-refractivity contribution < 1.29 is 4.79 Å². The lowest BCUT2D eigenvalue weighted by Crippen LogP contribution is -2.50. The molecule has 0 radical (unpaired) electrons. The number of carbonyl (C=O) groups excluding carboxylic acids is 1. The van der Waals surface area contributed by atoms with Gasteiger partial charge in [0.15, 0.2) is 0 Å². The zero-order valence-electron chi connectivity index (χ0n) is 14.1. The number of aromatic nitrogens is 2. The Morgan fingerprint density at radius 2 is 1.96 bits per heavy atom. The molecule has 2 unspecified atom stereocenters. The van der Waals surface area contributed by atoms with Crippen LogP contribution in [-0.4, -0.2) is 39.1 Å². The van der Waals surface area contributed by atoms with Gasteiger partial charge in [0, 0.05) is 26.2 Å². The fraction of sp³-hybridized carbons (Fsp3) is 0.529. The third-order valence-corrected chi connectivity index (χ3v) is 4.92. The Balaban J connectivity index is 0.00000208. The van der Waals surface area contributed by atoms with Crippen molar-refractivity contribution in [3.8, 4) is 0 Å². The molecule has 3 rings (SSSR count). The first kappa shape index (κ1) is 18.5. The van der Waals surface area contributed by atoms with Crippen LogP contribution in [0, 0.1) is 5.92 Å². The van der Waals surface area contributed by atoms with Gasteiger partial charge in [-0.2, -0.15) is 0 Å². The number of nitrogens with zero attached hydrogens (tertiary/aromatic N) is 3. The summed E-state index contributed by atoms with van der Waals surface area (Å²) < 4.78 is 3.14. The smallest absolute Gasteiger partial charge is 0.329 e. The van der Waals surface area contributed by atoms with Gasteiger partial charge in [-0.1, -0.05) is 19.1 Å². The maximum absolute atomic E-state index is 12.8. The van der Waals surface area contributed by atoms with E-state index < -0.39 is 0 Å². The molecule has 2 heterocycles. The van der Waals surface area contributed by atoms with Crippen molar-refractivity contribution in [1.29, 1.82) is 0 Å². The number of para-hydroxylation sites is 2. The average molecular weight is 353 g/mol. The third-order valence-electron chi connectivity index (χ3n) is 4.92. The molecule has 1 fully saturated rings. The van der Waals surface area contributed by atoms with Crippen LogP contribution in [0.3, 0.4) is 0 Å². The standard InChI is InChI=1S/C17H24N4O2.ClH/c1-12-7-8-20(13(9-12)10-18)16(22)11-21-15-6-4-3-5-14(15)19(2)17(21)23;/h3-6,12-13H,7-11,18H2,1-2H3;1H. The summed E-state index contributed by atoms with van der Waals surface area (Å²) in [7, 11) is 1.73. The molecule has 1 saturated heterocycles. The number of benzene rings is 1. The highest BCUT2D eigenvalue weighted by molar-refractivity contribution is 5.85. The number of fused-ring (bicyclic) bond motifs is 1. The van der Waals surface area contributed by atoms with E-state index in [1.54, 1.807) is 16.2 Å². The molecule has 1 amide bonds. The van der Waals surface area contributed by atoms with E-state index >= 15 is 0 Å². The van der Waals surface area contributed by atoms with Crippen LogP contribution in [0.25, 0.3) is 11.0 Å². The third kappa shape index (κ3) is 3.21. The minimum absolute atomic E-state index is 0. The number of likely N-dealkylation sites (tertiary alicyclic amines) is 1. The van der Waals surface area contributed by atoms with Crippen molar-refractivity contribution >= 4 is 29.3 Å². The van der Waals surface area contributed by atoms with Gasteiger partial charge in [-0.15, -0.1) is 12.4 Å². The summed E-state index contributed by atoms with van der Waals surface area (Å²) in [6, 6.07) is 7.63. The summed E-state index contributed by atoms with van der Waals surface area (Å²) in [4.78, 5) is 27.0. The van der Waals surface area contributed by atoms with E-state index in [0.717, 1.165) is 30.4 Å². The lowest BCUT2D eigenvalue weighted by atomic mass is 9.92. The van der Waals surface area contributed by atoms with Crippen LogP contribution in [0.15, 0.2) is 29.1 Å². The van der Waals surface area contributed by atoms with Gasteiger partial charge >= 0.3 is 5.69 Å². The molecule has 1 aliphatic heterocycles. The molecule has 0 bridgehead atoms. The Hall–Kier alpha value is -1.79. The first-order valence-electron chi connectivity index (χ1n) is 8.16. The Bertz CT molecular complexity index is 782. The molecule has 1 aliphatic rings. The first-order chi connectivity index (χ1) is 11.0. The second kappa shape index (κ2) is 7.40. The SMILES string of the molecule is CC1CCN(C(=O)Cn2c(=O)n(C)c3ccccc32)C(CN)C1.Cl. The largest absolute Gasteiger partial charge is 0.337 e. The molecule has 24 heavy (non-hydrogen) atoms. The number of rotatable bonds is 3. The zero-order chi connectivity index (χ0) is 16.6. The van der Waals surface area contributed by atoms with Gasteiger partial charge < -0.3 is 10.6 Å². The van der Waals surface area contributed by atoms with Crippen LogP contribution in [0.4, 0.5) is 0 Å². The number of nitrogens with two attached hydrogens (primary N) is 1. The predicted octanol–water partition coefficient (Wildman–Crippen LogP) is 1.35. The van der Waals surface area contributed by atoms with Gasteiger partial charge in [-0.05, 0) is 30.9 Å². The van der Waals surface area contributed by atoms with Crippen LogP contribution >= 0.6 is 12.4 Å². The molecule has 7 heteroatoms. The number of imidazole rings is 1. The predicted molar refractivity (Wildman–Crippen MR) is 97.4 cm³/mol. The minimum atomic E-state index is -0.158. The monoisotopic (exact) mass is 352 g/mol. The van der Waals surface area contributed by atoms with E-state index in [1.807, 2.05) is 29.2 Å². The molecule has 0 saturated carbocycles. The number of amides is 1. The summed E-state index contributed by atoms with van der Waals surface area (Å²) in [5.41, 5.74) is 7.32. The van der Waals surface area contributed by atoms with Gasteiger partial charge in [0.1, 0.15) is 6.54 Å². The van der Waals surface area contributed by atoms with Crippen LogP contribution in [-0.2, 0) is 18.4 Å². The van der Waals surface area contributed by atoms with E-state index in [4.69, 9.17) is 5.73 Å². The maximum Gasteiger partial charge on any atom is 0.329 e. The highest BCUT2D eigenvalue weighted by atomic mass is 35.5. The molecular weight excluding hydrogens is 328 g/mol. The fourth-order valence-electron chi connectivity index (χ4n) is 3.55. The number of carbonyl (C=O) groups is 1. The molecular formula is C17H25ClN4O2. The molecule has 1 aromatic carbocycles. The number of hydrogen-bond donors (Lipinski definition) is 1. The van der Waals surface area contributed by atoms with Crippen molar-refractivity contribution in [3.05, 3.63) is 34.7 Å². The van der Waals surface area contributed by atoms with Crippen LogP contribution in [0.5, 0.6) is 0 Å². The van der Waals surface area contributed by atoms with E-state index in [9.17, 15) is 9.59 Å². The zero-order valence-corrected chi connectivity index (χ0v) is 15.0. The van der Waals surface area contributed by atoms with Crippen molar-refractivity contribution in [2.45, 2.75) is 32.4 Å². The number of halogens is 1. The summed E-state index contributed by atoms with van der Waals surface area (Å²) in [6.07, 6.45) is 1.93. The lowest BCUT2D eigenvalue weighted by molar-refractivity contribution is -0.135. The van der Waals surface area contributed by atoms with Gasteiger partial charge in [0.05, 0.1) is 11.0 Å². The summed E-state index contributed by atoms with van der Waals surface area (Å²) in [5.74, 6) is 0.568. The molecule has 132 valence electrons. The molecule has 6 nitrogen and oxygen atoms in total. The molecule has 2 atom stereocenters. The van der Waals surface area contributed by atoms with Crippen molar-refractivity contribution in [3.63, 3.8) is 0 Å². The molecule has 1 aromatic heterocycles. The van der Waals surface area contributed by atoms with Gasteiger partial charge in [0.2, 0.25) is 5.91 Å². The van der Waals surface area contributed by atoms with Gasteiger partial charge in [-0.3, -0.25) is 13.9 Å². The van der Waals surface area contributed by atoms with Gasteiger partial charge in [0.25, 0.3) is 0 Å². The average Bonchev–Trinajstić information content (AvgIpc) is 2.80. The summed E-state index contributed by atoms with van der Waals surface area (Å²) in [5, 5.41) is 0. The van der Waals surface area contributed by atoms with E-state index in [2.05, 4.69) is 6.92 Å². The van der Waals surface area contributed by atoms with Crippen LogP contribution in [0.1, 0.15) is 19.8 Å². The second-order valence-electron chi connectivity index (χ2n) is 6.52. The molecule has 0 spiro atoms. The minimum Gasteiger partial charge on any atom is -0.337 e. The quantitative estimate of drug-likeness (QED) is 0.906. The molecule has 2 N–H and O–H groups in total. The number of hydrogen-bond acceptors (Lipinski definition) is 3. The number of aryl methyl sites for hydroxylation is 1. The van der Waals surface area contributed by atoms with Gasteiger partial charge in [-0.25, -0.2) is 4.79 Å². The van der Waals surface area contributed by atoms with Crippen molar-refractivity contribution in [2.24, 2.45) is 18.7 Å². The Morgan fingerprint density at radius 1 is 1.29 bits per heavy atom. The lowest BCUT2D eigenvalue weighted by Gasteiger charge is -2.38. The molecule has 2 aromatic rings. The van der Waals surface area contributed by atoms with Crippen molar-refractivity contribution in [1.82, 2.24) is 14.0 Å². The van der Waals surface area contributed by atoms with E-state index in [-0.39, 0.29) is 36.6 Å². The maximum atomic E-state index is 12.8. The summed E-state index contributed by atoms with van der Waals surface area (Å²) >= 11 is 0. The highest BCUT2D eigenvalue weighted by Crippen LogP contribution is 2.22.